The van der Waals surface area contributed by atoms with Crippen molar-refractivity contribution in [1.29, 1.82) is 0 Å². The average Bonchev–Trinajstić information content (AvgIpc) is 2.39. The number of halogens is 1. The summed E-state index contributed by atoms with van der Waals surface area (Å²) in [5.41, 5.74) is 0. The molecule has 0 aromatic heterocycles. The van der Waals surface area contributed by atoms with Crippen LogP contribution in [0.1, 0.15) is 0 Å². The van der Waals surface area contributed by atoms with E-state index in [0.717, 1.165) is 11.3 Å². The molecule has 7 heteroatoms. The van der Waals surface area contributed by atoms with Gasteiger partial charge in [0.1, 0.15) is 0 Å². The largest absolute Gasteiger partial charge is 0.299 e. The molecule has 1 saturated heterocycles. The van der Waals surface area contributed by atoms with Crippen molar-refractivity contribution in [2.45, 2.75) is 4.90 Å². The number of hydrogen-bond acceptors (Lipinski definition) is 3. The van der Waals surface area contributed by atoms with E-state index in [1.165, 1.54) is 16.4 Å². The van der Waals surface area contributed by atoms with Crippen LogP contribution in [-0.2, 0) is 14.8 Å². The number of nitrogens with zero attached hydrogens (tertiary/aromatic N) is 1. The maximum Gasteiger partial charge on any atom is 0.299 e. The van der Waals surface area contributed by atoms with E-state index in [1.54, 1.807) is 12.1 Å². The lowest BCUT2D eigenvalue weighted by Crippen LogP contribution is -3.14. The zero-order chi connectivity index (χ0) is 13.2. The Morgan fingerprint density at radius 3 is 2.22 bits per heavy atom. The van der Waals surface area contributed by atoms with Gasteiger partial charge in [-0.1, -0.05) is 11.6 Å². The van der Waals surface area contributed by atoms with E-state index in [1.807, 2.05) is 0 Å². The molecule has 2 rings (SSSR count). The fourth-order valence-electron chi connectivity index (χ4n) is 1.89. The van der Waals surface area contributed by atoms with E-state index in [0.29, 0.717) is 31.2 Å². The Balaban J connectivity index is 2.17. The van der Waals surface area contributed by atoms with E-state index >= 15 is 0 Å². The summed E-state index contributed by atoms with van der Waals surface area (Å²) in [6.45, 7) is 1.74. The Labute approximate surface area is 111 Å². The third kappa shape index (κ3) is 2.72. The Hall–Kier alpha value is -0.950. The highest BCUT2D eigenvalue weighted by atomic mass is 35.5. The Kier molecular flexibility index (Phi) is 4.01. The monoisotopic (exact) mass is 289 g/mol. The van der Waals surface area contributed by atoms with Crippen molar-refractivity contribution in [2.75, 3.05) is 26.2 Å². The summed E-state index contributed by atoms with van der Waals surface area (Å²) in [6.07, 6.45) is 0.826. The minimum absolute atomic E-state index is 0.237. The first-order valence-electron chi connectivity index (χ1n) is 5.59. The lowest BCUT2D eigenvalue weighted by molar-refractivity contribution is -0.815. The van der Waals surface area contributed by atoms with Gasteiger partial charge < -0.3 is 0 Å². The molecule has 0 spiro atoms. The molecule has 0 aliphatic carbocycles. The second-order valence-corrected chi connectivity index (χ2v) is 6.51. The molecule has 1 fully saturated rings. The summed E-state index contributed by atoms with van der Waals surface area (Å²) in [5, 5.41) is 0.504. The topological polar surface area (TPSA) is 58.9 Å². The fraction of sp³-hybridized carbons (Fsp3) is 0.364. The highest BCUT2D eigenvalue weighted by Gasteiger charge is 2.30. The van der Waals surface area contributed by atoms with Gasteiger partial charge in [-0.2, -0.15) is 4.31 Å². The first-order valence-corrected chi connectivity index (χ1v) is 7.41. The molecule has 1 aliphatic rings. The van der Waals surface area contributed by atoms with Crippen molar-refractivity contribution >= 4 is 28.0 Å². The molecular formula is C11H14ClN2O3S+. The molecule has 0 bridgehead atoms. The first-order chi connectivity index (χ1) is 8.54. The Bertz CT molecular complexity index is 522. The predicted octanol–water partition coefficient (Wildman–Crippen LogP) is -0.614. The number of piperazine rings is 1. The molecule has 0 atom stereocenters. The van der Waals surface area contributed by atoms with Gasteiger partial charge in [-0.25, -0.2) is 13.2 Å². The van der Waals surface area contributed by atoms with Crippen LogP contribution in [0.4, 0.5) is 0 Å². The van der Waals surface area contributed by atoms with Crippen molar-refractivity contribution in [2.24, 2.45) is 0 Å². The highest BCUT2D eigenvalue weighted by molar-refractivity contribution is 7.89. The van der Waals surface area contributed by atoms with Crippen LogP contribution in [0.3, 0.4) is 0 Å². The second-order valence-electron chi connectivity index (χ2n) is 4.13. The number of amides is 1. The molecule has 0 radical (unpaired) electrons. The van der Waals surface area contributed by atoms with Crippen molar-refractivity contribution in [1.82, 2.24) is 4.31 Å². The van der Waals surface area contributed by atoms with Crippen LogP contribution in [-0.4, -0.2) is 45.3 Å². The lowest BCUT2D eigenvalue weighted by Gasteiger charge is -2.28. The summed E-state index contributed by atoms with van der Waals surface area (Å²) in [4.78, 5) is 11.6. The van der Waals surface area contributed by atoms with Gasteiger partial charge in [0.05, 0.1) is 31.1 Å². The van der Waals surface area contributed by atoms with E-state index < -0.39 is 10.0 Å². The van der Waals surface area contributed by atoms with Gasteiger partial charge >= 0.3 is 0 Å². The number of carbonyl (C=O) groups excluding carboxylic acids is 1. The highest BCUT2D eigenvalue weighted by Crippen LogP contribution is 2.18. The van der Waals surface area contributed by atoms with E-state index in [2.05, 4.69) is 0 Å². The molecule has 5 nitrogen and oxygen atoms in total. The number of quaternary nitrogens is 1. The van der Waals surface area contributed by atoms with Gasteiger partial charge in [-0.15, -0.1) is 0 Å². The number of nitrogens with one attached hydrogen (secondary N) is 1. The molecule has 1 aromatic carbocycles. The second kappa shape index (κ2) is 5.36. The van der Waals surface area contributed by atoms with Gasteiger partial charge in [-0.3, -0.25) is 4.90 Å². The van der Waals surface area contributed by atoms with E-state index in [4.69, 9.17) is 11.6 Å². The molecule has 1 amide bonds. The molecule has 1 aliphatic heterocycles. The fourth-order valence-corrected chi connectivity index (χ4v) is 3.45. The van der Waals surface area contributed by atoms with Crippen LogP contribution < -0.4 is 4.90 Å². The summed E-state index contributed by atoms with van der Waals surface area (Å²) in [6, 6.07) is 6.11. The zero-order valence-corrected chi connectivity index (χ0v) is 11.2. The Morgan fingerprint density at radius 1 is 1.17 bits per heavy atom. The summed E-state index contributed by atoms with van der Waals surface area (Å²) in [7, 11) is -3.47. The predicted molar refractivity (Wildman–Crippen MR) is 67.0 cm³/mol. The van der Waals surface area contributed by atoms with Gasteiger partial charge in [0.2, 0.25) is 10.0 Å². The number of carbonyl (C=O) groups is 1. The third-order valence-corrected chi connectivity index (χ3v) is 5.15. The minimum atomic E-state index is -3.47. The molecule has 18 heavy (non-hydrogen) atoms. The maximum absolute atomic E-state index is 12.3. The van der Waals surface area contributed by atoms with Gasteiger partial charge in [-0.05, 0) is 24.3 Å². The normalized spacial score (nSPS) is 18.7. The maximum atomic E-state index is 12.3. The van der Waals surface area contributed by atoms with Crippen LogP contribution in [0.5, 0.6) is 0 Å². The first kappa shape index (κ1) is 13.5. The van der Waals surface area contributed by atoms with Crippen molar-refractivity contribution in [3.8, 4) is 0 Å². The van der Waals surface area contributed by atoms with Crippen LogP contribution >= 0.6 is 11.6 Å². The molecule has 1 aromatic rings. The van der Waals surface area contributed by atoms with Crippen LogP contribution in [0, 0.1) is 0 Å². The van der Waals surface area contributed by atoms with Gasteiger partial charge in [0.25, 0.3) is 6.41 Å². The summed E-state index contributed by atoms with van der Waals surface area (Å²) < 4.78 is 26.0. The Morgan fingerprint density at radius 2 is 1.72 bits per heavy atom. The van der Waals surface area contributed by atoms with E-state index in [-0.39, 0.29) is 4.90 Å². The van der Waals surface area contributed by atoms with Crippen molar-refractivity contribution in [3.05, 3.63) is 29.3 Å². The zero-order valence-electron chi connectivity index (χ0n) is 9.67. The number of rotatable bonds is 3. The standard InChI is InChI=1S/C11H13ClN2O3S/c12-10-1-3-11(4-2-10)18(16,17)14-7-5-13(9-15)6-8-14/h1-4,9H,5-8H2/p+1. The molecule has 1 N–H and O–H groups in total. The SMILES string of the molecule is O=C[NH+]1CCN(S(=O)(=O)c2ccc(Cl)cc2)CC1. The smallest absolute Gasteiger partial charge is 0.272 e. The average molecular weight is 290 g/mol. The number of hydrogen-bond donors (Lipinski definition) is 1. The lowest BCUT2D eigenvalue weighted by atomic mass is 10.4. The van der Waals surface area contributed by atoms with Crippen molar-refractivity contribution in [3.63, 3.8) is 0 Å². The van der Waals surface area contributed by atoms with Gasteiger partial charge in [0.15, 0.2) is 0 Å². The quantitative estimate of drug-likeness (QED) is 0.755. The van der Waals surface area contributed by atoms with Crippen molar-refractivity contribution < 1.29 is 18.1 Å². The summed E-state index contributed by atoms with van der Waals surface area (Å²) >= 11 is 5.73. The van der Waals surface area contributed by atoms with Crippen LogP contribution in [0.15, 0.2) is 29.2 Å². The summed E-state index contributed by atoms with van der Waals surface area (Å²) in [5.74, 6) is 0. The van der Waals surface area contributed by atoms with Crippen LogP contribution in [0.2, 0.25) is 5.02 Å². The molecule has 98 valence electrons. The molecule has 1 heterocycles. The minimum Gasteiger partial charge on any atom is -0.272 e. The van der Waals surface area contributed by atoms with Gasteiger partial charge in [0, 0.05) is 5.02 Å². The molecule has 0 unspecified atom stereocenters. The van der Waals surface area contributed by atoms with Crippen LogP contribution in [0.25, 0.3) is 0 Å². The molecular weight excluding hydrogens is 276 g/mol. The van der Waals surface area contributed by atoms with E-state index in [9.17, 15) is 13.2 Å². The third-order valence-electron chi connectivity index (χ3n) is 2.98. The number of benzene rings is 1. The molecule has 0 saturated carbocycles. The number of sulfonamides is 1.